The molecule has 0 fully saturated rings. The zero-order valence-electron chi connectivity index (χ0n) is 17.3. The zero-order chi connectivity index (χ0) is 20.4. The molecule has 0 saturated heterocycles. The number of fused-ring (bicyclic) bond motifs is 3. The van der Waals surface area contributed by atoms with Crippen LogP contribution in [-0.4, -0.2) is 34.7 Å². The standard InChI is InChI=1S/C24H28N2O3/c1-24(2,3)29-23(27)26-13-11-20-19-10-9-18(15-22(19)25-21(20)12-14-26)28-16-17-7-5-4-6-8-17/h4-10,15,25H,11-14,16H2,1-3H3. The summed E-state index contributed by atoms with van der Waals surface area (Å²) in [6.45, 7) is 7.58. The van der Waals surface area contributed by atoms with Crippen LogP contribution in [0.25, 0.3) is 10.9 Å². The van der Waals surface area contributed by atoms with Gasteiger partial charge in [0.25, 0.3) is 0 Å². The summed E-state index contributed by atoms with van der Waals surface area (Å²) >= 11 is 0. The summed E-state index contributed by atoms with van der Waals surface area (Å²) in [6, 6.07) is 16.4. The van der Waals surface area contributed by atoms with Gasteiger partial charge in [-0.15, -0.1) is 0 Å². The summed E-state index contributed by atoms with van der Waals surface area (Å²) in [6.07, 6.45) is 1.38. The number of H-pyrrole nitrogens is 1. The van der Waals surface area contributed by atoms with Crippen molar-refractivity contribution in [3.05, 3.63) is 65.4 Å². The van der Waals surface area contributed by atoms with E-state index in [2.05, 4.69) is 29.2 Å². The molecule has 29 heavy (non-hydrogen) atoms. The molecular formula is C24H28N2O3. The van der Waals surface area contributed by atoms with E-state index < -0.39 is 5.60 Å². The van der Waals surface area contributed by atoms with Crippen molar-refractivity contribution in [3.8, 4) is 5.75 Å². The second-order valence-electron chi connectivity index (χ2n) is 8.53. The van der Waals surface area contributed by atoms with Gasteiger partial charge in [-0.25, -0.2) is 4.79 Å². The van der Waals surface area contributed by atoms with Gasteiger partial charge in [-0.05, 0) is 50.5 Å². The molecule has 1 aliphatic heterocycles. The summed E-state index contributed by atoms with van der Waals surface area (Å²) in [7, 11) is 0. The van der Waals surface area contributed by atoms with Gasteiger partial charge in [0.05, 0.1) is 0 Å². The number of amides is 1. The first-order valence-electron chi connectivity index (χ1n) is 10.2. The maximum Gasteiger partial charge on any atom is 0.410 e. The van der Waals surface area contributed by atoms with Gasteiger partial charge >= 0.3 is 6.09 Å². The quantitative estimate of drug-likeness (QED) is 0.676. The number of benzene rings is 2. The minimum Gasteiger partial charge on any atom is -0.489 e. The van der Waals surface area contributed by atoms with Gasteiger partial charge in [-0.1, -0.05) is 30.3 Å². The number of nitrogens with one attached hydrogen (secondary N) is 1. The highest BCUT2D eigenvalue weighted by Crippen LogP contribution is 2.29. The highest BCUT2D eigenvalue weighted by atomic mass is 16.6. The normalized spacial score (nSPS) is 14.4. The van der Waals surface area contributed by atoms with Gasteiger partial charge in [0.2, 0.25) is 0 Å². The summed E-state index contributed by atoms with van der Waals surface area (Å²) in [5.41, 5.74) is 4.26. The third-order valence-electron chi connectivity index (χ3n) is 5.13. The summed E-state index contributed by atoms with van der Waals surface area (Å²) in [5.74, 6) is 0.855. The van der Waals surface area contributed by atoms with E-state index >= 15 is 0 Å². The molecule has 0 radical (unpaired) electrons. The summed E-state index contributed by atoms with van der Waals surface area (Å²) < 4.78 is 11.5. The van der Waals surface area contributed by atoms with Gasteiger partial charge in [0, 0.05) is 42.2 Å². The second kappa shape index (κ2) is 7.82. The number of carbonyl (C=O) groups is 1. The molecule has 0 saturated carbocycles. The van der Waals surface area contributed by atoms with E-state index in [4.69, 9.17) is 9.47 Å². The monoisotopic (exact) mass is 392 g/mol. The number of aromatic nitrogens is 1. The molecule has 4 rings (SSSR count). The van der Waals surface area contributed by atoms with Crippen LogP contribution in [0.5, 0.6) is 5.75 Å². The average Bonchev–Trinajstić information content (AvgIpc) is 2.88. The lowest BCUT2D eigenvalue weighted by Crippen LogP contribution is -2.38. The molecule has 1 amide bonds. The number of hydrogen-bond donors (Lipinski definition) is 1. The topological polar surface area (TPSA) is 54.6 Å². The number of aromatic amines is 1. The van der Waals surface area contributed by atoms with Crippen molar-refractivity contribution in [1.82, 2.24) is 9.88 Å². The van der Waals surface area contributed by atoms with Gasteiger partial charge < -0.3 is 19.4 Å². The fraction of sp³-hybridized carbons (Fsp3) is 0.375. The zero-order valence-corrected chi connectivity index (χ0v) is 17.3. The van der Waals surface area contributed by atoms with E-state index in [0.29, 0.717) is 19.7 Å². The smallest absolute Gasteiger partial charge is 0.410 e. The van der Waals surface area contributed by atoms with Crippen molar-refractivity contribution < 1.29 is 14.3 Å². The van der Waals surface area contributed by atoms with Crippen LogP contribution in [0.3, 0.4) is 0 Å². The van der Waals surface area contributed by atoms with Gasteiger partial charge in [0.1, 0.15) is 18.0 Å². The minimum atomic E-state index is -0.472. The van der Waals surface area contributed by atoms with Crippen LogP contribution in [0.1, 0.15) is 37.6 Å². The van der Waals surface area contributed by atoms with Crippen LogP contribution in [0, 0.1) is 0 Å². The summed E-state index contributed by atoms with van der Waals surface area (Å²) in [4.78, 5) is 17.8. The van der Waals surface area contributed by atoms with Crippen molar-refractivity contribution in [3.63, 3.8) is 0 Å². The Balaban J connectivity index is 1.46. The Labute approximate surface area is 171 Å². The third-order valence-corrected chi connectivity index (χ3v) is 5.13. The highest BCUT2D eigenvalue weighted by molar-refractivity contribution is 5.86. The number of ether oxygens (including phenoxy) is 2. The lowest BCUT2D eigenvalue weighted by Gasteiger charge is -2.26. The Morgan fingerprint density at radius 2 is 1.83 bits per heavy atom. The molecule has 0 bridgehead atoms. The fourth-order valence-corrected chi connectivity index (χ4v) is 3.73. The van der Waals surface area contributed by atoms with Crippen molar-refractivity contribution in [2.75, 3.05) is 13.1 Å². The molecule has 0 aliphatic carbocycles. The Morgan fingerprint density at radius 3 is 2.59 bits per heavy atom. The highest BCUT2D eigenvalue weighted by Gasteiger charge is 2.25. The lowest BCUT2D eigenvalue weighted by molar-refractivity contribution is 0.0258. The molecule has 5 nitrogen and oxygen atoms in total. The molecule has 2 heterocycles. The van der Waals surface area contributed by atoms with E-state index in [9.17, 15) is 4.79 Å². The largest absolute Gasteiger partial charge is 0.489 e. The molecule has 1 N–H and O–H groups in total. The van der Waals surface area contributed by atoms with Crippen molar-refractivity contribution in [1.29, 1.82) is 0 Å². The average molecular weight is 392 g/mol. The Morgan fingerprint density at radius 1 is 1.07 bits per heavy atom. The van der Waals surface area contributed by atoms with Crippen LogP contribution < -0.4 is 4.74 Å². The van der Waals surface area contributed by atoms with Crippen molar-refractivity contribution in [2.24, 2.45) is 0 Å². The van der Waals surface area contributed by atoms with E-state index in [1.54, 1.807) is 0 Å². The molecule has 3 aromatic rings. The summed E-state index contributed by atoms with van der Waals surface area (Å²) in [5, 5.41) is 1.21. The Bertz CT molecular complexity index is 1000. The molecule has 1 aromatic heterocycles. The maximum absolute atomic E-state index is 12.4. The molecule has 1 aliphatic rings. The molecule has 0 atom stereocenters. The fourth-order valence-electron chi connectivity index (χ4n) is 3.73. The van der Waals surface area contributed by atoms with E-state index in [1.807, 2.05) is 49.9 Å². The molecule has 0 spiro atoms. The van der Waals surface area contributed by atoms with Gasteiger partial charge in [-0.2, -0.15) is 0 Å². The first-order valence-corrected chi connectivity index (χ1v) is 10.2. The molecule has 0 unspecified atom stereocenters. The van der Waals surface area contributed by atoms with E-state index in [1.165, 1.54) is 16.6 Å². The van der Waals surface area contributed by atoms with Gasteiger partial charge in [0.15, 0.2) is 0 Å². The predicted molar refractivity (Wildman–Crippen MR) is 114 cm³/mol. The van der Waals surface area contributed by atoms with Crippen molar-refractivity contribution >= 4 is 17.0 Å². The van der Waals surface area contributed by atoms with E-state index in [-0.39, 0.29) is 6.09 Å². The number of nitrogens with zero attached hydrogens (tertiary/aromatic N) is 1. The molecule has 5 heteroatoms. The van der Waals surface area contributed by atoms with Crippen LogP contribution >= 0.6 is 0 Å². The Kier molecular flexibility index (Phi) is 5.22. The van der Waals surface area contributed by atoms with Crippen LogP contribution in [0.15, 0.2) is 48.5 Å². The number of rotatable bonds is 3. The maximum atomic E-state index is 12.4. The first-order chi connectivity index (χ1) is 13.9. The van der Waals surface area contributed by atoms with Crippen molar-refractivity contribution in [2.45, 2.75) is 45.8 Å². The third kappa shape index (κ3) is 4.56. The van der Waals surface area contributed by atoms with Gasteiger partial charge in [-0.3, -0.25) is 0 Å². The lowest BCUT2D eigenvalue weighted by atomic mass is 10.1. The molecule has 152 valence electrons. The molecular weight excluding hydrogens is 364 g/mol. The predicted octanol–water partition coefficient (Wildman–Crippen LogP) is 5.08. The number of hydrogen-bond acceptors (Lipinski definition) is 3. The van der Waals surface area contributed by atoms with Crippen LogP contribution in [0.2, 0.25) is 0 Å². The minimum absolute atomic E-state index is 0.233. The first kappa shape index (κ1) is 19.4. The number of carbonyl (C=O) groups excluding carboxylic acids is 1. The Hall–Kier alpha value is -2.95. The SMILES string of the molecule is CC(C)(C)OC(=O)N1CCc2[nH]c3cc(OCc4ccccc4)ccc3c2CC1. The van der Waals surface area contributed by atoms with Crippen LogP contribution in [-0.2, 0) is 24.2 Å². The second-order valence-corrected chi connectivity index (χ2v) is 8.53. The van der Waals surface area contributed by atoms with E-state index in [0.717, 1.165) is 29.7 Å². The molecule has 2 aromatic carbocycles. The van der Waals surface area contributed by atoms with Crippen LogP contribution in [0.4, 0.5) is 4.79 Å².